The summed E-state index contributed by atoms with van der Waals surface area (Å²) in [6.45, 7) is 2.07. The van der Waals surface area contributed by atoms with Gasteiger partial charge in [-0.2, -0.15) is 0 Å². The van der Waals surface area contributed by atoms with Crippen molar-refractivity contribution in [3.63, 3.8) is 0 Å². The summed E-state index contributed by atoms with van der Waals surface area (Å²) in [5.41, 5.74) is 10.9. The van der Waals surface area contributed by atoms with Crippen LogP contribution >= 0.6 is 0 Å². The molecule has 1 fully saturated rings. The van der Waals surface area contributed by atoms with Gasteiger partial charge in [0.25, 0.3) is 17.7 Å². The molecule has 1 aliphatic carbocycles. The van der Waals surface area contributed by atoms with Crippen molar-refractivity contribution < 1.29 is 23.9 Å². The number of carbonyl (C=O) groups is 4. The molecule has 2 heterocycles. The van der Waals surface area contributed by atoms with Crippen LogP contribution in [0.25, 0.3) is 0 Å². The third kappa shape index (κ3) is 7.24. The van der Waals surface area contributed by atoms with E-state index in [0.29, 0.717) is 67.3 Å². The highest BCUT2D eigenvalue weighted by Crippen LogP contribution is 2.33. The largest absolute Gasteiger partial charge is 0.482 e. The van der Waals surface area contributed by atoms with Gasteiger partial charge in [-0.25, -0.2) is 0 Å². The SMILES string of the molecule is NC/C=C/CCC(=O)N1CCc2cc(NC(=O)c3ccc(CN(C(=O)c4ccc5c(c4)OCC(=O)N5)C4CC4)cc3)ccc2C1. The fourth-order valence-electron chi connectivity index (χ4n) is 5.71. The predicted molar refractivity (Wildman–Crippen MR) is 171 cm³/mol. The minimum Gasteiger partial charge on any atom is -0.482 e. The van der Waals surface area contributed by atoms with Gasteiger partial charge in [-0.1, -0.05) is 30.4 Å². The average Bonchev–Trinajstić information content (AvgIpc) is 3.90. The summed E-state index contributed by atoms with van der Waals surface area (Å²) in [6.07, 6.45) is 7.61. The lowest BCUT2D eigenvalue weighted by molar-refractivity contribution is -0.132. The van der Waals surface area contributed by atoms with Crippen LogP contribution in [-0.2, 0) is 29.1 Å². The number of nitrogens with two attached hydrogens (primary N) is 1. The van der Waals surface area contributed by atoms with E-state index in [4.69, 9.17) is 10.5 Å². The van der Waals surface area contributed by atoms with Crippen molar-refractivity contribution in [2.45, 2.75) is 51.2 Å². The van der Waals surface area contributed by atoms with E-state index in [1.165, 1.54) is 0 Å². The molecule has 10 heteroatoms. The van der Waals surface area contributed by atoms with Crippen LogP contribution in [-0.4, -0.2) is 59.2 Å². The molecule has 1 saturated carbocycles. The van der Waals surface area contributed by atoms with Gasteiger partial charge in [0.1, 0.15) is 5.75 Å². The van der Waals surface area contributed by atoms with E-state index in [1.807, 2.05) is 52.3 Å². The molecular formula is C35H37N5O5. The van der Waals surface area contributed by atoms with Crippen LogP contribution in [0.3, 0.4) is 0 Å². The van der Waals surface area contributed by atoms with Crippen molar-refractivity contribution in [2.24, 2.45) is 5.73 Å². The Morgan fingerprint density at radius 3 is 2.58 bits per heavy atom. The normalized spacial score (nSPS) is 15.5. The number of hydrogen-bond acceptors (Lipinski definition) is 6. The van der Waals surface area contributed by atoms with Crippen LogP contribution in [0, 0.1) is 0 Å². The molecule has 10 nitrogen and oxygen atoms in total. The monoisotopic (exact) mass is 607 g/mol. The van der Waals surface area contributed by atoms with Gasteiger partial charge in [0.05, 0.1) is 5.69 Å². The van der Waals surface area contributed by atoms with Crippen molar-refractivity contribution in [1.82, 2.24) is 9.80 Å². The third-order valence-electron chi connectivity index (χ3n) is 8.34. The minimum atomic E-state index is -0.217. The second-order valence-electron chi connectivity index (χ2n) is 11.7. The first-order valence-electron chi connectivity index (χ1n) is 15.4. The molecule has 0 radical (unpaired) electrons. The molecule has 0 aromatic heterocycles. The number of benzene rings is 3. The number of hydrogen-bond donors (Lipinski definition) is 3. The zero-order chi connectivity index (χ0) is 31.3. The Labute approximate surface area is 262 Å². The number of fused-ring (bicyclic) bond motifs is 2. The van der Waals surface area contributed by atoms with Crippen LogP contribution in [0.1, 0.15) is 63.1 Å². The van der Waals surface area contributed by atoms with Crippen LogP contribution in [0.5, 0.6) is 5.75 Å². The molecule has 0 saturated heterocycles. The Morgan fingerprint density at radius 1 is 1.00 bits per heavy atom. The summed E-state index contributed by atoms with van der Waals surface area (Å²) in [5, 5.41) is 5.75. The van der Waals surface area contributed by atoms with E-state index in [9.17, 15) is 19.2 Å². The molecule has 4 amide bonds. The molecule has 3 aliphatic rings. The first kappa shape index (κ1) is 30.1. The van der Waals surface area contributed by atoms with Crippen LogP contribution in [0.4, 0.5) is 11.4 Å². The lowest BCUT2D eigenvalue weighted by Crippen LogP contribution is -2.35. The van der Waals surface area contributed by atoms with Gasteiger partial charge < -0.3 is 30.9 Å². The van der Waals surface area contributed by atoms with Crippen molar-refractivity contribution in [3.8, 4) is 5.75 Å². The zero-order valence-corrected chi connectivity index (χ0v) is 25.1. The number of nitrogens with zero attached hydrogens (tertiary/aromatic N) is 2. The Hall–Kier alpha value is -4.96. The van der Waals surface area contributed by atoms with Gasteiger partial charge in [0.2, 0.25) is 5.91 Å². The Morgan fingerprint density at radius 2 is 1.80 bits per heavy atom. The highest BCUT2D eigenvalue weighted by Gasteiger charge is 2.33. The summed E-state index contributed by atoms with van der Waals surface area (Å²) in [6, 6.07) is 18.4. The number of ether oxygens (including phenoxy) is 1. The van der Waals surface area contributed by atoms with Crippen molar-refractivity contribution >= 4 is 35.0 Å². The Balaban J connectivity index is 1.05. The van der Waals surface area contributed by atoms with Gasteiger partial charge in [-0.3, -0.25) is 19.2 Å². The van der Waals surface area contributed by atoms with Crippen LogP contribution in [0.15, 0.2) is 72.8 Å². The maximum atomic E-state index is 13.5. The highest BCUT2D eigenvalue weighted by molar-refractivity contribution is 6.04. The second-order valence-corrected chi connectivity index (χ2v) is 11.7. The van der Waals surface area contributed by atoms with E-state index in [1.54, 1.807) is 30.3 Å². The number of amides is 4. The fourth-order valence-corrected chi connectivity index (χ4v) is 5.71. The molecule has 0 atom stereocenters. The summed E-state index contributed by atoms with van der Waals surface area (Å²) in [4.78, 5) is 54.5. The van der Waals surface area contributed by atoms with Crippen LogP contribution < -0.4 is 21.1 Å². The summed E-state index contributed by atoms with van der Waals surface area (Å²) in [5.74, 6) is 0.103. The Bertz CT molecular complexity index is 1650. The molecule has 0 unspecified atom stereocenters. The summed E-state index contributed by atoms with van der Waals surface area (Å²) < 4.78 is 5.50. The van der Waals surface area contributed by atoms with Crippen molar-refractivity contribution in [3.05, 3.63) is 101 Å². The lowest BCUT2D eigenvalue weighted by atomic mass is 9.98. The lowest BCUT2D eigenvalue weighted by Gasteiger charge is -2.29. The van der Waals surface area contributed by atoms with E-state index in [2.05, 4.69) is 10.6 Å². The van der Waals surface area contributed by atoms with Crippen LogP contribution in [0.2, 0.25) is 0 Å². The van der Waals surface area contributed by atoms with Crippen molar-refractivity contribution in [1.29, 1.82) is 0 Å². The number of carbonyl (C=O) groups excluding carboxylic acids is 4. The maximum Gasteiger partial charge on any atom is 0.262 e. The zero-order valence-electron chi connectivity index (χ0n) is 25.1. The molecule has 4 N–H and O–H groups in total. The van der Waals surface area contributed by atoms with E-state index < -0.39 is 0 Å². The standard InChI is InChI=1S/C35H37N5O5/c36-16-3-1-2-4-33(42)39-17-15-25-18-28(11-9-27(25)21-39)37-34(43)24-7-5-23(6-8-24)20-40(29-12-13-29)35(44)26-10-14-30-31(19-26)45-22-32(41)38-30/h1,3,5-11,14,18-19,29H,2,4,12-13,15-17,20-22,36H2,(H,37,43)(H,38,41)/b3-1+. The topological polar surface area (TPSA) is 134 Å². The molecule has 3 aromatic carbocycles. The van der Waals surface area contributed by atoms with Gasteiger partial charge in [0.15, 0.2) is 6.61 Å². The molecule has 232 valence electrons. The first-order valence-corrected chi connectivity index (χ1v) is 15.4. The van der Waals surface area contributed by atoms with E-state index in [0.717, 1.165) is 36.0 Å². The van der Waals surface area contributed by atoms with Gasteiger partial charge >= 0.3 is 0 Å². The molecular weight excluding hydrogens is 570 g/mol. The molecule has 45 heavy (non-hydrogen) atoms. The smallest absolute Gasteiger partial charge is 0.262 e. The van der Waals surface area contributed by atoms with Gasteiger partial charge in [0, 0.05) is 55.5 Å². The molecule has 6 rings (SSSR count). The number of nitrogens with one attached hydrogen (secondary N) is 2. The molecule has 2 aliphatic heterocycles. The molecule has 0 bridgehead atoms. The second kappa shape index (κ2) is 13.4. The number of rotatable bonds is 10. The van der Waals surface area contributed by atoms with Gasteiger partial charge in [-0.15, -0.1) is 0 Å². The minimum absolute atomic E-state index is 0.0703. The fraction of sp³-hybridized carbons (Fsp3) is 0.314. The van der Waals surface area contributed by atoms with E-state index >= 15 is 0 Å². The summed E-state index contributed by atoms with van der Waals surface area (Å²) >= 11 is 0. The van der Waals surface area contributed by atoms with E-state index in [-0.39, 0.29) is 36.3 Å². The molecule has 0 spiro atoms. The number of allylic oxidation sites excluding steroid dienone is 1. The van der Waals surface area contributed by atoms with Crippen molar-refractivity contribution in [2.75, 3.05) is 30.3 Å². The third-order valence-corrected chi connectivity index (χ3v) is 8.34. The Kier molecular flexibility index (Phi) is 8.93. The summed E-state index contributed by atoms with van der Waals surface area (Å²) in [7, 11) is 0. The predicted octanol–water partition coefficient (Wildman–Crippen LogP) is 4.25. The maximum absolute atomic E-state index is 13.5. The first-order chi connectivity index (χ1) is 21.9. The quantitative estimate of drug-likeness (QED) is 0.295. The molecule has 3 aromatic rings. The number of anilines is 2. The average molecular weight is 608 g/mol. The van der Waals surface area contributed by atoms with Gasteiger partial charge in [-0.05, 0) is 84.8 Å². The highest BCUT2D eigenvalue weighted by atomic mass is 16.5.